The summed E-state index contributed by atoms with van der Waals surface area (Å²) in [6, 6.07) is 9.90. The van der Waals surface area contributed by atoms with Crippen molar-refractivity contribution < 1.29 is 4.39 Å². The van der Waals surface area contributed by atoms with E-state index >= 15 is 0 Å². The average molecular weight is 257 g/mol. The van der Waals surface area contributed by atoms with E-state index in [4.69, 9.17) is 0 Å². The van der Waals surface area contributed by atoms with Crippen LogP contribution in [-0.4, -0.2) is 10.8 Å². The molecule has 0 unspecified atom stereocenters. The molecule has 2 aromatic rings. The second kappa shape index (κ2) is 4.80. The summed E-state index contributed by atoms with van der Waals surface area (Å²) < 4.78 is 14.6. The van der Waals surface area contributed by atoms with Crippen LogP contribution in [0.4, 0.5) is 10.2 Å². The van der Waals surface area contributed by atoms with Crippen molar-refractivity contribution in [2.24, 2.45) is 0 Å². The summed E-state index contributed by atoms with van der Waals surface area (Å²) in [6.07, 6.45) is 4.87. The second-order valence-corrected chi connectivity index (χ2v) is 5.30. The molecule has 1 radical (unpaired) electrons. The molecule has 3 heteroatoms. The largest absolute Gasteiger partial charge is 0.338 e. The molecule has 1 aliphatic carbocycles. The van der Waals surface area contributed by atoms with Gasteiger partial charge in [-0.3, -0.25) is 0 Å². The van der Waals surface area contributed by atoms with Crippen molar-refractivity contribution in [3.63, 3.8) is 0 Å². The van der Waals surface area contributed by atoms with E-state index in [1.54, 1.807) is 0 Å². The molecule has 1 fully saturated rings. The molecule has 3 rings (SSSR count). The molecule has 1 aromatic heterocycles. The van der Waals surface area contributed by atoms with Crippen molar-refractivity contribution in [3.05, 3.63) is 42.3 Å². The fourth-order valence-electron chi connectivity index (χ4n) is 2.70. The van der Waals surface area contributed by atoms with E-state index in [2.05, 4.69) is 16.7 Å². The predicted molar refractivity (Wildman–Crippen MR) is 76.7 cm³/mol. The molecule has 1 saturated carbocycles. The Labute approximate surface area is 113 Å². The zero-order chi connectivity index (χ0) is 13.3. The lowest BCUT2D eigenvalue weighted by Crippen LogP contribution is -2.35. The fourth-order valence-corrected chi connectivity index (χ4v) is 2.70. The number of benzene rings is 1. The summed E-state index contributed by atoms with van der Waals surface area (Å²) in [5, 5.41) is 4.12. The highest BCUT2D eigenvalue weighted by atomic mass is 19.1. The number of hydrogen-bond donors (Lipinski definition) is 1. The van der Waals surface area contributed by atoms with Gasteiger partial charge in [-0.25, -0.2) is 9.37 Å². The van der Waals surface area contributed by atoms with Gasteiger partial charge in [0.25, 0.3) is 0 Å². The van der Waals surface area contributed by atoms with Gasteiger partial charge >= 0.3 is 0 Å². The normalized spacial score (nSPS) is 18.4. The number of alkyl halides is 1. The Kier molecular flexibility index (Phi) is 3.13. The van der Waals surface area contributed by atoms with Crippen LogP contribution >= 0.6 is 0 Å². The van der Waals surface area contributed by atoms with Crippen LogP contribution in [-0.2, 0) is 0 Å². The van der Waals surface area contributed by atoms with Crippen LogP contribution in [0.3, 0.4) is 0 Å². The molecule has 1 aromatic carbocycles. The number of aromatic nitrogens is 1. The lowest BCUT2D eigenvalue weighted by Gasteiger charge is -2.30. The summed E-state index contributed by atoms with van der Waals surface area (Å²) in [5.74, 6) is -0.669. The maximum atomic E-state index is 14.6. The Morgan fingerprint density at radius 3 is 2.74 bits per heavy atom. The van der Waals surface area contributed by atoms with E-state index in [9.17, 15) is 4.39 Å². The number of hydrogen-bond acceptors (Lipinski definition) is 2. The average Bonchev–Trinajstić information content (AvgIpc) is 2.39. The predicted octanol–water partition coefficient (Wildman–Crippen LogP) is 4.40. The van der Waals surface area contributed by atoms with Crippen molar-refractivity contribution in [3.8, 4) is 0 Å². The summed E-state index contributed by atoms with van der Waals surface area (Å²) in [6.45, 7) is 2.04. The number of aryl methyl sites for hydroxylation is 1. The van der Waals surface area contributed by atoms with Crippen molar-refractivity contribution in [2.75, 3.05) is 5.32 Å². The van der Waals surface area contributed by atoms with Gasteiger partial charge in [0.05, 0.1) is 5.52 Å². The molecule has 0 atom stereocenters. The molecule has 1 aliphatic rings. The number of fused-ring (bicyclic) bond motifs is 1. The van der Waals surface area contributed by atoms with Gasteiger partial charge in [-0.05, 0) is 43.9 Å². The minimum atomic E-state index is -1.31. The van der Waals surface area contributed by atoms with Crippen LogP contribution in [0.2, 0.25) is 0 Å². The standard InChI is InChI=1S/C16H18FN2/c1-12-11-15(18-14-8-4-3-7-13(12)14)19-16(17)9-5-2-6-10-16/h2-4,7-8,11H,5-6,9-10H2,1H3,(H,18,19). The minimum absolute atomic E-state index is 0.528. The molecule has 1 N–H and O–H groups in total. The second-order valence-electron chi connectivity index (χ2n) is 5.30. The number of pyridine rings is 1. The van der Waals surface area contributed by atoms with Crippen LogP contribution in [0.15, 0.2) is 30.3 Å². The maximum absolute atomic E-state index is 14.6. The van der Waals surface area contributed by atoms with Crippen molar-refractivity contribution >= 4 is 16.7 Å². The lowest BCUT2D eigenvalue weighted by atomic mass is 9.93. The molecule has 0 aliphatic heterocycles. The van der Waals surface area contributed by atoms with Crippen molar-refractivity contribution in [2.45, 2.75) is 38.4 Å². The number of rotatable bonds is 2. The van der Waals surface area contributed by atoms with E-state index in [-0.39, 0.29) is 0 Å². The molecule has 0 amide bonds. The fraction of sp³-hybridized carbons (Fsp3) is 0.375. The van der Waals surface area contributed by atoms with E-state index in [0.717, 1.165) is 29.3 Å². The molecule has 99 valence electrons. The SMILES string of the molecule is Cc1cc(NC2(F)CC[CH]CC2)nc2ccccc12. The zero-order valence-electron chi connectivity index (χ0n) is 11.1. The summed E-state index contributed by atoms with van der Waals surface area (Å²) in [7, 11) is 0. The Hall–Kier alpha value is -1.64. The summed E-state index contributed by atoms with van der Waals surface area (Å²) in [4.78, 5) is 4.51. The number of para-hydroxylation sites is 1. The molecule has 19 heavy (non-hydrogen) atoms. The van der Waals surface area contributed by atoms with Crippen LogP contribution in [0, 0.1) is 13.3 Å². The van der Waals surface area contributed by atoms with Gasteiger partial charge in [0.15, 0.2) is 5.79 Å². The van der Waals surface area contributed by atoms with Gasteiger partial charge in [-0.2, -0.15) is 0 Å². The quantitative estimate of drug-likeness (QED) is 0.807. The third kappa shape index (κ3) is 2.55. The lowest BCUT2D eigenvalue weighted by molar-refractivity contribution is 0.155. The Morgan fingerprint density at radius 1 is 1.21 bits per heavy atom. The van der Waals surface area contributed by atoms with Crippen LogP contribution in [0.25, 0.3) is 10.9 Å². The minimum Gasteiger partial charge on any atom is -0.338 e. The third-order valence-electron chi connectivity index (χ3n) is 3.76. The molecule has 0 bridgehead atoms. The van der Waals surface area contributed by atoms with Crippen molar-refractivity contribution in [1.29, 1.82) is 0 Å². The molecule has 0 spiro atoms. The Morgan fingerprint density at radius 2 is 1.95 bits per heavy atom. The van der Waals surface area contributed by atoms with Gasteiger partial charge in [0.1, 0.15) is 5.82 Å². The third-order valence-corrected chi connectivity index (χ3v) is 3.76. The van der Waals surface area contributed by atoms with Crippen LogP contribution in [0.1, 0.15) is 31.2 Å². The highest BCUT2D eigenvalue weighted by Crippen LogP contribution is 2.32. The van der Waals surface area contributed by atoms with Gasteiger partial charge in [-0.15, -0.1) is 0 Å². The molecule has 2 nitrogen and oxygen atoms in total. The van der Waals surface area contributed by atoms with Gasteiger partial charge in [0, 0.05) is 18.2 Å². The number of nitrogens with zero attached hydrogens (tertiary/aromatic N) is 1. The topological polar surface area (TPSA) is 24.9 Å². The first-order valence-corrected chi connectivity index (χ1v) is 6.81. The number of anilines is 1. The number of nitrogens with one attached hydrogen (secondary N) is 1. The monoisotopic (exact) mass is 257 g/mol. The van der Waals surface area contributed by atoms with Gasteiger partial charge < -0.3 is 5.32 Å². The van der Waals surface area contributed by atoms with E-state index in [1.807, 2.05) is 37.3 Å². The van der Waals surface area contributed by atoms with E-state index in [1.165, 1.54) is 0 Å². The van der Waals surface area contributed by atoms with Gasteiger partial charge in [0.2, 0.25) is 0 Å². The first-order chi connectivity index (χ1) is 9.16. The van der Waals surface area contributed by atoms with E-state index < -0.39 is 5.79 Å². The molecule has 1 heterocycles. The first kappa shape index (κ1) is 12.4. The maximum Gasteiger partial charge on any atom is 0.181 e. The van der Waals surface area contributed by atoms with Crippen molar-refractivity contribution in [1.82, 2.24) is 4.98 Å². The zero-order valence-corrected chi connectivity index (χ0v) is 11.1. The Bertz CT molecular complexity index is 588. The molecule has 0 saturated heterocycles. The summed E-state index contributed by atoms with van der Waals surface area (Å²) in [5.41, 5.74) is 2.04. The Balaban J connectivity index is 1.92. The smallest absolute Gasteiger partial charge is 0.181 e. The van der Waals surface area contributed by atoms with Crippen LogP contribution in [0.5, 0.6) is 0 Å². The molecular weight excluding hydrogens is 239 g/mol. The van der Waals surface area contributed by atoms with E-state index in [0.29, 0.717) is 18.7 Å². The molecular formula is C16H18FN2. The number of halogens is 1. The van der Waals surface area contributed by atoms with Crippen LogP contribution < -0.4 is 5.32 Å². The first-order valence-electron chi connectivity index (χ1n) is 6.81. The highest BCUT2D eigenvalue weighted by Gasteiger charge is 2.31. The highest BCUT2D eigenvalue weighted by molar-refractivity contribution is 5.83. The summed E-state index contributed by atoms with van der Waals surface area (Å²) >= 11 is 0. The van der Waals surface area contributed by atoms with Gasteiger partial charge in [-0.1, -0.05) is 18.2 Å².